The lowest BCUT2D eigenvalue weighted by molar-refractivity contribution is -0.124. The van der Waals surface area contributed by atoms with E-state index in [4.69, 9.17) is 9.47 Å². The first kappa shape index (κ1) is 17.9. The number of rotatable bonds is 7. The topological polar surface area (TPSA) is 50.8 Å². The van der Waals surface area contributed by atoms with Gasteiger partial charge in [0.1, 0.15) is 5.75 Å². The number of methoxy groups -OCH3 is 1. The average Bonchev–Trinajstić information content (AvgIpc) is 3.14. The van der Waals surface area contributed by atoms with E-state index in [1.165, 1.54) is 10.4 Å². The fourth-order valence-electron chi connectivity index (χ4n) is 2.97. The van der Waals surface area contributed by atoms with Crippen molar-refractivity contribution < 1.29 is 14.3 Å². The van der Waals surface area contributed by atoms with E-state index in [1.807, 2.05) is 35.7 Å². The number of morpholine rings is 1. The fraction of sp³-hybridized carbons (Fsp3) is 0.421. The van der Waals surface area contributed by atoms with Gasteiger partial charge in [0.25, 0.3) is 0 Å². The molecule has 25 heavy (non-hydrogen) atoms. The maximum Gasteiger partial charge on any atom is 0.234 e. The Kier molecular flexibility index (Phi) is 6.44. The van der Waals surface area contributed by atoms with Crippen LogP contribution in [-0.2, 0) is 22.5 Å². The van der Waals surface area contributed by atoms with Crippen molar-refractivity contribution in [3.63, 3.8) is 0 Å². The van der Waals surface area contributed by atoms with E-state index in [1.54, 1.807) is 18.4 Å². The number of carbonyl (C=O) groups is 1. The van der Waals surface area contributed by atoms with Gasteiger partial charge in [0.2, 0.25) is 5.91 Å². The van der Waals surface area contributed by atoms with Crippen molar-refractivity contribution in [3.05, 3.63) is 52.2 Å². The molecule has 1 aromatic carbocycles. The molecule has 0 aliphatic carbocycles. The number of amides is 1. The van der Waals surface area contributed by atoms with Gasteiger partial charge in [-0.3, -0.25) is 9.69 Å². The number of nitrogens with one attached hydrogen (secondary N) is 1. The van der Waals surface area contributed by atoms with E-state index < -0.39 is 0 Å². The Balaban J connectivity index is 1.46. The first-order valence-corrected chi connectivity index (χ1v) is 9.37. The molecule has 1 N–H and O–H groups in total. The largest absolute Gasteiger partial charge is 0.497 e. The predicted molar refractivity (Wildman–Crippen MR) is 99.0 cm³/mol. The van der Waals surface area contributed by atoms with Crippen molar-refractivity contribution >= 4 is 17.2 Å². The van der Waals surface area contributed by atoms with Crippen molar-refractivity contribution in [2.45, 2.75) is 19.1 Å². The third-order valence-corrected chi connectivity index (χ3v) is 5.10. The van der Waals surface area contributed by atoms with Crippen LogP contribution in [0.3, 0.4) is 0 Å². The number of benzene rings is 1. The SMILES string of the molecule is COc1cccc(CC2CN(CC(=O)NCc3cccs3)CCO2)c1. The lowest BCUT2D eigenvalue weighted by Crippen LogP contribution is -2.47. The minimum Gasteiger partial charge on any atom is -0.497 e. The molecule has 2 heterocycles. The molecule has 1 aromatic heterocycles. The molecule has 2 aromatic rings. The minimum absolute atomic E-state index is 0.0652. The van der Waals surface area contributed by atoms with Crippen LogP contribution in [-0.4, -0.2) is 50.3 Å². The highest BCUT2D eigenvalue weighted by Gasteiger charge is 2.22. The van der Waals surface area contributed by atoms with E-state index in [0.717, 1.165) is 25.3 Å². The average molecular weight is 360 g/mol. The zero-order valence-electron chi connectivity index (χ0n) is 14.4. The smallest absolute Gasteiger partial charge is 0.234 e. The summed E-state index contributed by atoms with van der Waals surface area (Å²) in [6.45, 7) is 3.24. The van der Waals surface area contributed by atoms with Gasteiger partial charge in [-0.1, -0.05) is 18.2 Å². The van der Waals surface area contributed by atoms with Crippen LogP contribution in [0, 0.1) is 0 Å². The summed E-state index contributed by atoms with van der Waals surface area (Å²) in [5.41, 5.74) is 1.19. The summed E-state index contributed by atoms with van der Waals surface area (Å²) in [6, 6.07) is 12.1. The number of hydrogen-bond acceptors (Lipinski definition) is 5. The molecule has 1 unspecified atom stereocenters. The Hall–Kier alpha value is -1.89. The summed E-state index contributed by atoms with van der Waals surface area (Å²) >= 11 is 1.66. The minimum atomic E-state index is 0.0652. The van der Waals surface area contributed by atoms with Crippen LogP contribution in [0.5, 0.6) is 5.75 Å². The van der Waals surface area contributed by atoms with E-state index in [-0.39, 0.29) is 12.0 Å². The third kappa shape index (κ3) is 5.56. The second-order valence-electron chi connectivity index (χ2n) is 6.14. The predicted octanol–water partition coefficient (Wildman–Crippen LogP) is 2.32. The zero-order chi connectivity index (χ0) is 17.5. The third-order valence-electron chi connectivity index (χ3n) is 4.23. The molecule has 1 atom stereocenters. The summed E-state index contributed by atoms with van der Waals surface area (Å²) in [5.74, 6) is 0.925. The molecule has 1 amide bonds. The summed E-state index contributed by atoms with van der Waals surface area (Å²) < 4.78 is 11.1. The van der Waals surface area contributed by atoms with Crippen LogP contribution >= 0.6 is 11.3 Å². The Morgan fingerprint density at radius 1 is 1.40 bits per heavy atom. The Labute approximate surface area is 152 Å². The number of ether oxygens (including phenoxy) is 2. The number of nitrogens with zero attached hydrogens (tertiary/aromatic N) is 1. The molecule has 134 valence electrons. The van der Waals surface area contributed by atoms with Crippen LogP contribution < -0.4 is 10.1 Å². The molecule has 0 spiro atoms. The molecular formula is C19H24N2O3S. The second-order valence-corrected chi connectivity index (χ2v) is 7.17. The van der Waals surface area contributed by atoms with Gasteiger partial charge in [-0.15, -0.1) is 11.3 Å². The summed E-state index contributed by atoms with van der Waals surface area (Å²) in [6.07, 6.45) is 0.927. The van der Waals surface area contributed by atoms with Crippen LogP contribution in [0.4, 0.5) is 0 Å². The number of thiophene rings is 1. The maximum absolute atomic E-state index is 12.1. The monoisotopic (exact) mass is 360 g/mol. The molecule has 1 saturated heterocycles. The fourth-order valence-corrected chi connectivity index (χ4v) is 3.61. The molecule has 0 bridgehead atoms. The van der Waals surface area contributed by atoms with Gasteiger partial charge in [0, 0.05) is 24.4 Å². The van der Waals surface area contributed by atoms with Crippen LogP contribution in [0.15, 0.2) is 41.8 Å². The molecule has 1 aliphatic heterocycles. The number of hydrogen-bond donors (Lipinski definition) is 1. The van der Waals surface area contributed by atoms with Gasteiger partial charge >= 0.3 is 0 Å². The molecule has 1 fully saturated rings. The van der Waals surface area contributed by atoms with Crippen LogP contribution in [0.1, 0.15) is 10.4 Å². The van der Waals surface area contributed by atoms with Crippen molar-refractivity contribution in [2.75, 3.05) is 33.4 Å². The van der Waals surface area contributed by atoms with Crippen molar-refractivity contribution in [2.24, 2.45) is 0 Å². The first-order valence-electron chi connectivity index (χ1n) is 8.49. The van der Waals surface area contributed by atoms with Gasteiger partial charge in [0.15, 0.2) is 0 Å². The second kappa shape index (κ2) is 8.99. The highest BCUT2D eigenvalue weighted by atomic mass is 32.1. The highest BCUT2D eigenvalue weighted by molar-refractivity contribution is 7.09. The van der Waals surface area contributed by atoms with E-state index in [9.17, 15) is 4.79 Å². The first-order chi connectivity index (χ1) is 12.2. The summed E-state index contributed by atoms with van der Waals surface area (Å²) in [5, 5.41) is 5.00. The standard InChI is InChI=1S/C19H24N2O3S/c1-23-16-5-2-4-15(10-16)11-17-13-21(7-8-24-17)14-19(22)20-12-18-6-3-9-25-18/h2-6,9-10,17H,7-8,11-14H2,1H3,(H,20,22). The Morgan fingerprint density at radius 3 is 3.12 bits per heavy atom. The van der Waals surface area contributed by atoms with Crippen molar-refractivity contribution in [1.29, 1.82) is 0 Å². The van der Waals surface area contributed by atoms with Gasteiger partial charge in [-0.25, -0.2) is 0 Å². The van der Waals surface area contributed by atoms with Gasteiger partial charge in [0.05, 0.1) is 32.9 Å². The van der Waals surface area contributed by atoms with Crippen LogP contribution in [0.2, 0.25) is 0 Å². The summed E-state index contributed by atoms with van der Waals surface area (Å²) in [4.78, 5) is 15.5. The molecule has 0 radical (unpaired) electrons. The van der Waals surface area contributed by atoms with Crippen molar-refractivity contribution in [1.82, 2.24) is 10.2 Å². The normalized spacial score (nSPS) is 18.0. The quantitative estimate of drug-likeness (QED) is 0.823. The van der Waals surface area contributed by atoms with E-state index >= 15 is 0 Å². The molecule has 1 aliphatic rings. The molecule has 3 rings (SSSR count). The van der Waals surface area contributed by atoms with E-state index in [0.29, 0.717) is 19.7 Å². The van der Waals surface area contributed by atoms with Crippen molar-refractivity contribution in [3.8, 4) is 5.75 Å². The Bertz CT molecular complexity index is 675. The Morgan fingerprint density at radius 2 is 2.32 bits per heavy atom. The summed E-state index contributed by atoms with van der Waals surface area (Å²) in [7, 11) is 1.67. The van der Waals surface area contributed by atoms with Gasteiger partial charge in [-0.05, 0) is 29.1 Å². The highest BCUT2D eigenvalue weighted by Crippen LogP contribution is 2.17. The van der Waals surface area contributed by atoms with Gasteiger partial charge in [-0.2, -0.15) is 0 Å². The molecule has 5 nitrogen and oxygen atoms in total. The molecule has 0 saturated carbocycles. The van der Waals surface area contributed by atoms with E-state index in [2.05, 4.69) is 16.3 Å². The maximum atomic E-state index is 12.1. The van der Waals surface area contributed by atoms with Crippen LogP contribution in [0.25, 0.3) is 0 Å². The lowest BCUT2D eigenvalue weighted by atomic mass is 10.1. The van der Waals surface area contributed by atoms with Gasteiger partial charge < -0.3 is 14.8 Å². The number of carbonyl (C=O) groups excluding carboxylic acids is 1. The molecule has 6 heteroatoms. The molecular weight excluding hydrogens is 336 g/mol. The zero-order valence-corrected chi connectivity index (χ0v) is 15.3. The lowest BCUT2D eigenvalue weighted by Gasteiger charge is -2.32.